The smallest absolute Gasteiger partial charge is 0.289 e. The van der Waals surface area contributed by atoms with Crippen LogP contribution in [0.1, 0.15) is 29.0 Å². The first-order chi connectivity index (χ1) is 11.2. The number of rotatable bonds is 3. The highest BCUT2D eigenvalue weighted by Crippen LogP contribution is 2.26. The Balaban J connectivity index is 1.57. The zero-order valence-corrected chi connectivity index (χ0v) is 14.0. The number of nitrogens with one attached hydrogen (secondary N) is 1. The first-order valence-electron chi connectivity index (χ1n) is 7.46. The van der Waals surface area contributed by atoms with Crippen molar-refractivity contribution in [1.29, 1.82) is 5.26 Å². The molecule has 6 heteroatoms. The van der Waals surface area contributed by atoms with E-state index in [4.69, 9.17) is 9.68 Å². The van der Waals surface area contributed by atoms with Gasteiger partial charge in [0.15, 0.2) is 5.76 Å². The van der Waals surface area contributed by atoms with Crippen molar-refractivity contribution >= 4 is 27.5 Å². The standard InChI is InChI=1S/C17H16BrN3O2/c18-14-10-12(11-19)3-4-15(14)20-13-5-7-21(8-6-13)17(22)16-2-1-9-23-16/h1-4,9-10,13,20H,5-8H2. The Hall–Kier alpha value is -2.26. The van der Waals surface area contributed by atoms with Crippen LogP contribution in [0, 0.1) is 11.3 Å². The fourth-order valence-corrected chi connectivity index (χ4v) is 3.20. The molecule has 0 aliphatic carbocycles. The molecule has 23 heavy (non-hydrogen) atoms. The topological polar surface area (TPSA) is 69.3 Å². The van der Waals surface area contributed by atoms with Crippen molar-refractivity contribution in [3.63, 3.8) is 0 Å². The van der Waals surface area contributed by atoms with E-state index in [1.165, 1.54) is 6.26 Å². The average molecular weight is 374 g/mol. The Kier molecular flexibility index (Phi) is 4.68. The number of carbonyl (C=O) groups excluding carboxylic acids is 1. The summed E-state index contributed by atoms with van der Waals surface area (Å²) < 4.78 is 6.05. The number of nitriles is 1. The fraction of sp³-hybridized carbons (Fsp3) is 0.294. The molecule has 1 aromatic heterocycles. The van der Waals surface area contributed by atoms with E-state index in [1.54, 1.807) is 24.3 Å². The van der Waals surface area contributed by atoms with Gasteiger partial charge in [-0.05, 0) is 59.1 Å². The summed E-state index contributed by atoms with van der Waals surface area (Å²) in [6.07, 6.45) is 3.27. The second-order valence-electron chi connectivity index (χ2n) is 5.49. The van der Waals surface area contributed by atoms with Crippen molar-refractivity contribution in [3.05, 3.63) is 52.4 Å². The van der Waals surface area contributed by atoms with E-state index in [9.17, 15) is 4.79 Å². The molecule has 5 nitrogen and oxygen atoms in total. The number of anilines is 1. The number of hydrogen-bond donors (Lipinski definition) is 1. The van der Waals surface area contributed by atoms with Gasteiger partial charge in [0.25, 0.3) is 5.91 Å². The van der Waals surface area contributed by atoms with Gasteiger partial charge in [-0.1, -0.05) is 0 Å². The number of piperidine rings is 1. The van der Waals surface area contributed by atoms with Crippen LogP contribution in [0.15, 0.2) is 45.5 Å². The third kappa shape index (κ3) is 3.57. The molecular formula is C17H16BrN3O2. The largest absolute Gasteiger partial charge is 0.459 e. The van der Waals surface area contributed by atoms with Crippen LogP contribution in [0.5, 0.6) is 0 Å². The summed E-state index contributed by atoms with van der Waals surface area (Å²) >= 11 is 3.49. The number of halogens is 1. The summed E-state index contributed by atoms with van der Waals surface area (Å²) in [6, 6.07) is 11.3. The number of carbonyl (C=O) groups is 1. The molecule has 3 rings (SSSR count). The van der Waals surface area contributed by atoms with Crippen molar-refractivity contribution in [2.24, 2.45) is 0 Å². The predicted molar refractivity (Wildman–Crippen MR) is 90.1 cm³/mol. The number of amides is 1. The lowest BCUT2D eigenvalue weighted by Crippen LogP contribution is -2.42. The van der Waals surface area contributed by atoms with E-state index in [1.807, 2.05) is 11.0 Å². The molecule has 118 valence electrons. The minimum absolute atomic E-state index is 0.0481. The van der Waals surface area contributed by atoms with Crippen LogP contribution in [0.4, 0.5) is 5.69 Å². The molecule has 0 bridgehead atoms. The quantitative estimate of drug-likeness (QED) is 0.891. The van der Waals surface area contributed by atoms with Crippen LogP contribution in [0.3, 0.4) is 0 Å². The fourth-order valence-electron chi connectivity index (χ4n) is 2.70. The number of furan rings is 1. The van der Waals surface area contributed by atoms with E-state index in [-0.39, 0.29) is 5.91 Å². The molecule has 0 spiro atoms. The van der Waals surface area contributed by atoms with Crippen molar-refractivity contribution in [2.45, 2.75) is 18.9 Å². The minimum Gasteiger partial charge on any atom is -0.459 e. The molecule has 0 atom stereocenters. The molecule has 1 N–H and O–H groups in total. The van der Waals surface area contributed by atoms with Gasteiger partial charge in [-0.15, -0.1) is 0 Å². The molecule has 0 saturated carbocycles. The van der Waals surface area contributed by atoms with E-state index in [0.717, 1.165) is 23.0 Å². The third-order valence-electron chi connectivity index (χ3n) is 3.97. The normalized spacial score (nSPS) is 15.2. The lowest BCUT2D eigenvalue weighted by Gasteiger charge is -2.32. The third-order valence-corrected chi connectivity index (χ3v) is 4.63. The lowest BCUT2D eigenvalue weighted by molar-refractivity contribution is 0.0686. The van der Waals surface area contributed by atoms with Crippen LogP contribution in [0.25, 0.3) is 0 Å². The molecule has 0 unspecified atom stereocenters. The maximum absolute atomic E-state index is 12.2. The van der Waals surface area contributed by atoms with Crippen molar-refractivity contribution < 1.29 is 9.21 Å². The van der Waals surface area contributed by atoms with Gasteiger partial charge in [-0.3, -0.25) is 4.79 Å². The molecule has 1 aromatic carbocycles. The predicted octanol–water partition coefficient (Wildman–Crippen LogP) is 3.63. The summed E-state index contributed by atoms with van der Waals surface area (Å²) in [6.45, 7) is 1.40. The molecule has 1 aliphatic heterocycles. The SMILES string of the molecule is N#Cc1ccc(NC2CCN(C(=O)c3ccco3)CC2)c(Br)c1. The minimum atomic E-state index is -0.0481. The Labute approximate surface area is 143 Å². The lowest BCUT2D eigenvalue weighted by atomic mass is 10.0. The Bertz CT molecular complexity index is 729. The number of benzene rings is 1. The molecule has 2 aromatic rings. The number of nitrogens with zero attached hydrogens (tertiary/aromatic N) is 2. The highest BCUT2D eigenvalue weighted by Gasteiger charge is 2.25. The molecule has 1 amide bonds. The first kappa shape index (κ1) is 15.6. The Morgan fingerprint density at radius 3 is 2.74 bits per heavy atom. The summed E-state index contributed by atoms with van der Waals surface area (Å²) in [5.41, 5.74) is 1.60. The Morgan fingerprint density at radius 2 is 2.13 bits per heavy atom. The van der Waals surface area contributed by atoms with Gasteiger partial charge in [0.1, 0.15) is 0 Å². The van der Waals surface area contributed by atoms with Crippen LogP contribution >= 0.6 is 15.9 Å². The van der Waals surface area contributed by atoms with E-state index in [0.29, 0.717) is 30.5 Å². The van der Waals surface area contributed by atoms with Gasteiger partial charge in [0.2, 0.25) is 0 Å². The summed E-state index contributed by atoms with van der Waals surface area (Å²) in [4.78, 5) is 14.0. The summed E-state index contributed by atoms with van der Waals surface area (Å²) in [5.74, 6) is 0.347. The van der Waals surface area contributed by atoms with Gasteiger partial charge in [0, 0.05) is 29.3 Å². The van der Waals surface area contributed by atoms with Gasteiger partial charge in [0.05, 0.1) is 17.9 Å². The molecule has 2 heterocycles. The molecule has 1 fully saturated rings. The molecule has 1 aliphatic rings. The van der Waals surface area contributed by atoms with Crippen molar-refractivity contribution in [3.8, 4) is 6.07 Å². The van der Waals surface area contributed by atoms with Gasteiger partial charge in [-0.25, -0.2) is 0 Å². The Morgan fingerprint density at radius 1 is 1.35 bits per heavy atom. The first-order valence-corrected chi connectivity index (χ1v) is 8.25. The van der Waals surface area contributed by atoms with Crippen LogP contribution in [-0.4, -0.2) is 29.9 Å². The van der Waals surface area contributed by atoms with Crippen LogP contribution in [-0.2, 0) is 0 Å². The average Bonchev–Trinajstić information content (AvgIpc) is 3.11. The van der Waals surface area contributed by atoms with Crippen molar-refractivity contribution in [1.82, 2.24) is 4.90 Å². The molecule has 0 radical (unpaired) electrons. The van der Waals surface area contributed by atoms with E-state index < -0.39 is 0 Å². The number of likely N-dealkylation sites (tertiary alicyclic amines) is 1. The van der Waals surface area contributed by atoms with Gasteiger partial charge in [-0.2, -0.15) is 5.26 Å². The summed E-state index contributed by atoms with van der Waals surface area (Å²) in [5, 5.41) is 12.4. The maximum Gasteiger partial charge on any atom is 0.289 e. The van der Waals surface area contributed by atoms with Crippen LogP contribution < -0.4 is 5.32 Å². The highest BCUT2D eigenvalue weighted by atomic mass is 79.9. The van der Waals surface area contributed by atoms with E-state index >= 15 is 0 Å². The second-order valence-corrected chi connectivity index (χ2v) is 6.35. The second kappa shape index (κ2) is 6.88. The molecular weight excluding hydrogens is 358 g/mol. The molecule has 1 saturated heterocycles. The monoisotopic (exact) mass is 373 g/mol. The zero-order chi connectivity index (χ0) is 16.2. The van der Waals surface area contributed by atoms with E-state index in [2.05, 4.69) is 27.3 Å². The maximum atomic E-state index is 12.2. The highest BCUT2D eigenvalue weighted by molar-refractivity contribution is 9.10. The van der Waals surface area contributed by atoms with Gasteiger partial charge >= 0.3 is 0 Å². The zero-order valence-electron chi connectivity index (χ0n) is 12.5. The van der Waals surface area contributed by atoms with Gasteiger partial charge < -0.3 is 14.6 Å². The van der Waals surface area contributed by atoms with Crippen LogP contribution in [0.2, 0.25) is 0 Å². The van der Waals surface area contributed by atoms with Crippen molar-refractivity contribution in [2.75, 3.05) is 18.4 Å². The number of hydrogen-bond acceptors (Lipinski definition) is 4. The summed E-state index contributed by atoms with van der Waals surface area (Å²) in [7, 11) is 0.